The van der Waals surface area contributed by atoms with Crippen molar-refractivity contribution in [1.29, 1.82) is 0 Å². The van der Waals surface area contributed by atoms with Crippen molar-refractivity contribution in [3.05, 3.63) is 42.5 Å². The van der Waals surface area contributed by atoms with Crippen molar-refractivity contribution in [3.63, 3.8) is 0 Å². The Labute approximate surface area is 85.3 Å². The summed E-state index contributed by atoms with van der Waals surface area (Å²) in [6.07, 6.45) is 2.40. The van der Waals surface area contributed by atoms with Crippen LogP contribution in [-0.2, 0) is 0 Å². The van der Waals surface area contributed by atoms with E-state index in [1.165, 1.54) is 0 Å². The maximum absolute atomic E-state index is 10.4. The standard InChI is InChI=1S/C10H9BrO2/c1-2-10(11)13-9-5-3-4-8(6-9)7-12/h2-7,10H,1H2. The van der Waals surface area contributed by atoms with Crippen LogP contribution in [-0.4, -0.2) is 11.3 Å². The van der Waals surface area contributed by atoms with E-state index in [0.29, 0.717) is 11.3 Å². The second-order valence-electron chi connectivity index (χ2n) is 2.40. The van der Waals surface area contributed by atoms with Crippen LogP contribution in [0.1, 0.15) is 10.4 Å². The molecule has 3 heteroatoms. The summed E-state index contributed by atoms with van der Waals surface area (Å²) < 4.78 is 5.35. The van der Waals surface area contributed by atoms with Crippen molar-refractivity contribution in [2.45, 2.75) is 5.01 Å². The van der Waals surface area contributed by atoms with Gasteiger partial charge in [-0.05, 0) is 34.1 Å². The van der Waals surface area contributed by atoms with E-state index in [9.17, 15) is 4.79 Å². The number of hydrogen-bond acceptors (Lipinski definition) is 2. The maximum Gasteiger partial charge on any atom is 0.171 e. The van der Waals surface area contributed by atoms with Gasteiger partial charge in [-0.25, -0.2) is 0 Å². The van der Waals surface area contributed by atoms with Gasteiger partial charge in [0.15, 0.2) is 5.01 Å². The molecule has 0 N–H and O–H groups in total. The zero-order valence-electron chi connectivity index (χ0n) is 6.94. The molecule has 0 fully saturated rings. The monoisotopic (exact) mass is 240 g/mol. The van der Waals surface area contributed by atoms with Crippen molar-refractivity contribution in [2.75, 3.05) is 0 Å². The Morgan fingerprint density at radius 1 is 1.54 bits per heavy atom. The highest BCUT2D eigenvalue weighted by atomic mass is 79.9. The summed E-state index contributed by atoms with van der Waals surface area (Å²) in [7, 11) is 0. The van der Waals surface area contributed by atoms with Crippen molar-refractivity contribution in [1.82, 2.24) is 0 Å². The quantitative estimate of drug-likeness (QED) is 0.460. The summed E-state index contributed by atoms with van der Waals surface area (Å²) in [6.45, 7) is 3.56. The van der Waals surface area contributed by atoms with Gasteiger partial charge in [-0.2, -0.15) is 0 Å². The number of carbonyl (C=O) groups is 1. The fraction of sp³-hybridized carbons (Fsp3) is 0.100. The highest BCUT2D eigenvalue weighted by Crippen LogP contribution is 2.16. The average Bonchev–Trinajstić information content (AvgIpc) is 2.18. The Hall–Kier alpha value is -1.09. The van der Waals surface area contributed by atoms with Gasteiger partial charge in [-0.3, -0.25) is 4.79 Å². The number of halogens is 1. The van der Waals surface area contributed by atoms with Gasteiger partial charge in [0.25, 0.3) is 0 Å². The molecule has 0 spiro atoms. The molecule has 68 valence electrons. The van der Waals surface area contributed by atoms with Crippen molar-refractivity contribution in [2.24, 2.45) is 0 Å². The molecule has 0 saturated carbocycles. The predicted molar refractivity (Wildman–Crippen MR) is 55.4 cm³/mol. The van der Waals surface area contributed by atoms with Crippen LogP contribution < -0.4 is 4.74 Å². The van der Waals surface area contributed by atoms with Crippen LogP contribution in [0, 0.1) is 0 Å². The average molecular weight is 241 g/mol. The zero-order chi connectivity index (χ0) is 9.68. The van der Waals surface area contributed by atoms with Crippen molar-refractivity contribution < 1.29 is 9.53 Å². The van der Waals surface area contributed by atoms with Gasteiger partial charge in [-0.1, -0.05) is 18.7 Å². The van der Waals surface area contributed by atoms with Crippen molar-refractivity contribution >= 4 is 22.2 Å². The third-order valence-electron chi connectivity index (χ3n) is 1.43. The van der Waals surface area contributed by atoms with E-state index >= 15 is 0 Å². The molecule has 2 nitrogen and oxygen atoms in total. The molecule has 0 bridgehead atoms. The van der Waals surface area contributed by atoms with Gasteiger partial charge in [0.1, 0.15) is 12.0 Å². The Kier molecular flexibility index (Phi) is 3.71. The summed E-state index contributed by atoms with van der Waals surface area (Å²) in [5.41, 5.74) is 0.598. The van der Waals surface area contributed by atoms with Crippen LogP contribution in [0.5, 0.6) is 5.75 Å². The van der Waals surface area contributed by atoms with E-state index < -0.39 is 0 Å². The molecule has 0 heterocycles. The molecular weight excluding hydrogens is 232 g/mol. The maximum atomic E-state index is 10.4. The Morgan fingerprint density at radius 3 is 2.92 bits per heavy atom. The molecule has 0 saturated heterocycles. The van der Waals surface area contributed by atoms with Crippen molar-refractivity contribution in [3.8, 4) is 5.75 Å². The third-order valence-corrected chi connectivity index (χ3v) is 1.99. The molecule has 0 aromatic heterocycles. The summed E-state index contributed by atoms with van der Waals surface area (Å²) in [4.78, 5) is 10.4. The fourth-order valence-corrected chi connectivity index (χ4v) is 1.06. The summed E-state index contributed by atoms with van der Waals surface area (Å²) in [5.74, 6) is 0.645. The number of aldehydes is 1. The van der Waals surface area contributed by atoms with Crippen LogP contribution in [0.15, 0.2) is 36.9 Å². The fourth-order valence-electron chi connectivity index (χ4n) is 0.839. The second-order valence-corrected chi connectivity index (χ2v) is 3.30. The van der Waals surface area contributed by atoms with E-state index in [0.717, 1.165) is 6.29 Å². The van der Waals surface area contributed by atoms with Gasteiger partial charge in [0.2, 0.25) is 0 Å². The largest absolute Gasteiger partial charge is 0.475 e. The lowest BCUT2D eigenvalue weighted by atomic mass is 10.2. The normalized spacial score (nSPS) is 11.8. The lowest BCUT2D eigenvalue weighted by Crippen LogP contribution is -2.03. The first-order chi connectivity index (χ1) is 6.26. The SMILES string of the molecule is C=CC(Br)Oc1cccc(C=O)c1. The molecule has 1 aromatic carbocycles. The Morgan fingerprint density at radius 2 is 2.31 bits per heavy atom. The molecule has 1 unspecified atom stereocenters. The third kappa shape index (κ3) is 3.03. The zero-order valence-corrected chi connectivity index (χ0v) is 8.53. The first kappa shape index (κ1) is 9.99. The minimum atomic E-state index is -0.227. The van der Waals surface area contributed by atoms with Crippen LogP contribution in [0.4, 0.5) is 0 Å². The Balaban J connectivity index is 2.77. The molecule has 0 aliphatic heterocycles. The predicted octanol–water partition coefficient (Wildman–Crippen LogP) is 2.78. The van der Waals surface area contributed by atoms with E-state index in [1.807, 2.05) is 0 Å². The topological polar surface area (TPSA) is 26.3 Å². The molecule has 1 aromatic rings. The number of ether oxygens (including phenoxy) is 1. The number of carbonyl (C=O) groups excluding carboxylic acids is 1. The minimum absolute atomic E-state index is 0.227. The van der Waals surface area contributed by atoms with Gasteiger partial charge in [-0.15, -0.1) is 0 Å². The van der Waals surface area contributed by atoms with Crippen LogP contribution in [0.3, 0.4) is 0 Å². The smallest absolute Gasteiger partial charge is 0.171 e. The number of rotatable bonds is 4. The number of hydrogen-bond donors (Lipinski definition) is 0. The first-order valence-electron chi connectivity index (χ1n) is 3.75. The van der Waals surface area contributed by atoms with E-state index in [2.05, 4.69) is 22.5 Å². The molecule has 0 aliphatic rings. The lowest BCUT2D eigenvalue weighted by Gasteiger charge is -2.08. The van der Waals surface area contributed by atoms with Gasteiger partial charge in [0.05, 0.1) is 0 Å². The minimum Gasteiger partial charge on any atom is -0.475 e. The van der Waals surface area contributed by atoms with E-state index in [-0.39, 0.29) is 5.01 Å². The molecular formula is C10H9BrO2. The van der Waals surface area contributed by atoms with E-state index in [1.54, 1.807) is 30.3 Å². The molecule has 0 aliphatic carbocycles. The number of alkyl halides is 1. The lowest BCUT2D eigenvalue weighted by molar-refractivity contribution is 0.112. The highest BCUT2D eigenvalue weighted by Gasteiger charge is 2.00. The van der Waals surface area contributed by atoms with Crippen LogP contribution in [0.2, 0.25) is 0 Å². The first-order valence-corrected chi connectivity index (χ1v) is 4.66. The summed E-state index contributed by atoms with van der Waals surface area (Å²) >= 11 is 3.23. The van der Waals surface area contributed by atoms with Gasteiger partial charge >= 0.3 is 0 Å². The summed E-state index contributed by atoms with van der Waals surface area (Å²) in [6, 6.07) is 6.94. The molecule has 1 rings (SSSR count). The van der Waals surface area contributed by atoms with Crippen LogP contribution in [0.25, 0.3) is 0 Å². The van der Waals surface area contributed by atoms with Gasteiger partial charge in [0, 0.05) is 5.56 Å². The summed E-state index contributed by atoms with van der Waals surface area (Å²) in [5, 5.41) is -0.227. The molecule has 0 amide bonds. The Bertz CT molecular complexity index is 310. The second kappa shape index (κ2) is 4.82. The van der Waals surface area contributed by atoms with Crippen LogP contribution >= 0.6 is 15.9 Å². The molecule has 1 atom stereocenters. The number of benzene rings is 1. The van der Waals surface area contributed by atoms with Gasteiger partial charge < -0.3 is 4.74 Å². The highest BCUT2D eigenvalue weighted by molar-refractivity contribution is 9.09. The van der Waals surface area contributed by atoms with E-state index in [4.69, 9.17) is 4.74 Å². The molecule has 13 heavy (non-hydrogen) atoms. The molecule has 0 radical (unpaired) electrons.